The van der Waals surface area contributed by atoms with E-state index in [4.69, 9.17) is 23.2 Å². The van der Waals surface area contributed by atoms with Crippen molar-refractivity contribution in [2.24, 2.45) is 5.92 Å². The number of rotatable bonds is 4. The summed E-state index contributed by atoms with van der Waals surface area (Å²) in [6, 6.07) is 5.61. The fourth-order valence-corrected chi connectivity index (χ4v) is 1.81. The van der Waals surface area contributed by atoms with Crippen molar-refractivity contribution < 1.29 is 4.79 Å². The molecule has 0 aliphatic heterocycles. The number of halogens is 2. The van der Waals surface area contributed by atoms with Gasteiger partial charge in [0.1, 0.15) is 0 Å². The van der Waals surface area contributed by atoms with Crippen LogP contribution in [-0.2, 0) is 12.3 Å². The van der Waals surface area contributed by atoms with Gasteiger partial charge in [0.15, 0.2) is 0 Å². The van der Waals surface area contributed by atoms with Gasteiger partial charge in [0.05, 0.1) is 0 Å². The van der Waals surface area contributed by atoms with Crippen molar-refractivity contribution in [3.63, 3.8) is 0 Å². The summed E-state index contributed by atoms with van der Waals surface area (Å²) in [5, 5.41) is -0.424. The number of carbonyl (C=O) groups is 1. The molecule has 0 bridgehead atoms. The first kappa shape index (κ1) is 12.5. The highest BCUT2D eigenvalue weighted by atomic mass is 35.5. The molecule has 0 aliphatic carbocycles. The van der Waals surface area contributed by atoms with Gasteiger partial charge < -0.3 is 0 Å². The monoisotopic (exact) mass is 244 g/mol. The fraction of sp³-hybridized carbons (Fsp3) is 0.417. The minimum atomic E-state index is -0.424. The Bertz CT molecular complexity index is 359. The molecule has 0 spiro atoms. The van der Waals surface area contributed by atoms with Crippen molar-refractivity contribution >= 4 is 28.4 Å². The summed E-state index contributed by atoms with van der Waals surface area (Å²) in [6.45, 7) is 4.27. The zero-order valence-electron chi connectivity index (χ0n) is 8.89. The summed E-state index contributed by atoms with van der Waals surface area (Å²) >= 11 is 11.2. The molecule has 0 saturated heterocycles. The summed E-state index contributed by atoms with van der Waals surface area (Å²) in [5.74, 6) is 0.956. The van der Waals surface area contributed by atoms with E-state index in [1.54, 1.807) is 6.07 Å². The van der Waals surface area contributed by atoms with Crippen molar-refractivity contribution in [1.29, 1.82) is 0 Å². The van der Waals surface area contributed by atoms with Crippen molar-refractivity contribution in [2.45, 2.75) is 26.1 Å². The number of alkyl halides is 1. The SMILES string of the molecule is CC(C)Cc1cc(CCl)cc(C(=O)Cl)c1. The number of benzene rings is 1. The van der Waals surface area contributed by atoms with Crippen LogP contribution in [0.3, 0.4) is 0 Å². The first-order valence-corrected chi connectivity index (χ1v) is 5.82. The van der Waals surface area contributed by atoms with Crippen LogP contribution < -0.4 is 0 Å². The van der Waals surface area contributed by atoms with Crippen LogP contribution in [0.15, 0.2) is 18.2 Å². The summed E-state index contributed by atoms with van der Waals surface area (Å²) in [7, 11) is 0. The van der Waals surface area contributed by atoms with E-state index in [2.05, 4.69) is 13.8 Å². The average molecular weight is 245 g/mol. The van der Waals surface area contributed by atoms with E-state index in [1.165, 1.54) is 0 Å². The molecule has 1 aromatic rings. The van der Waals surface area contributed by atoms with E-state index >= 15 is 0 Å². The molecule has 0 atom stereocenters. The quantitative estimate of drug-likeness (QED) is 0.578. The molecule has 0 aromatic heterocycles. The second-order valence-electron chi connectivity index (χ2n) is 4.04. The molecule has 1 nitrogen and oxygen atoms in total. The topological polar surface area (TPSA) is 17.1 Å². The lowest BCUT2D eigenvalue weighted by Crippen LogP contribution is -1.99. The Morgan fingerprint density at radius 1 is 1.27 bits per heavy atom. The maximum absolute atomic E-state index is 11.1. The Labute approximate surface area is 100 Å². The van der Waals surface area contributed by atoms with Gasteiger partial charge in [0.25, 0.3) is 5.24 Å². The molecule has 3 heteroatoms. The third-order valence-electron chi connectivity index (χ3n) is 2.08. The molecular formula is C12H14Cl2O. The van der Waals surface area contributed by atoms with Gasteiger partial charge in [-0.1, -0.05) is 19.9 Å². The van der Waals surface area contributed by atoms with Gasteiger partial charge in [-0.15, -0.1) is 11.6 Å². The highest BCUT2D eigenvalue weighted by Gasteiger charge is 2.07. The second-order valence-corrected chi connectivity index (χ2v) is 4.65. The number of carbonyl (C=O) groups excluding carboxylic acids is 1. The molecule has 0 radical (unpaired) electrons. The standard InChI is InChI=1S/C12H14Cl2O/c1-8(2)3-9-4-10(7-13)6-11(5-9)12(14)15/h4-6,8H,3,7H2,1-2H3. The Morgan fingerprint density at radius 3 is 2.33 bits per heavy atom. The largest absolute Gasteiger partial charge is 0.276 e. The first-order chi connectivity index (χ1) is 7.02. The molecule has 0 unspecified atom stereocenters. The third-order valence-corrected chi connectivity index (χ3v) is 2.60. The molecule has 0 aliphatic rings. The summed E-state index contributed by atoms with van der Waals surface area (Å²) in [5.41, 5.74) is 2.59. The van der Waals surface area contributed by atoms with Crippen LogP contribution in [0, 0.1) is 5.92 Å². The van der Waals surface area contributed by atoms with E-state index in [0.29, 0.717) is 17.4 Å². The Balaban J connectivity index is 3.05. The zero-order valence-corrected chi connectivity index (χ0v) is 10.4. The van der Waals surface area contributed by atoms with Gasteiger partial charge >= 0.3 is 0 Å². The summed E-state index contributed by atoms with van der Waals surface area (Å²) in [4.78, 5) is 11.1. The normalized spacial score (nSPS) is 10.7. The highest BCUT2D eigenvalue weighted by Crippen LogP contribution is 2.17. The van der Waals surface area contributed by atoms with Crippen molar-refractivity contribution in [3.05, 3.63) is 34.9 Å². The minimum Gasteiger partial charge on any atom is -0.276 e. The Hall–Kier alpha value is -0.530. The Kier molecular flexibility index (Phi) is 4.62. The highest BCUT2D eigenvalue weighted by molar-refractivity contribution is 6.67. The predicted octanol–water partition coefficient (Wildman–Crippen LogP) is 4.00. The molecule has 0 N–H and O–H groups in total. The molecule has 0 amide bonds. The lowest BCUT2D eigenvalue weighted by molar-refractivity contribution is 0.108. The van der Waals surface area contributed by atoms with Crippen molar-refractivity contribution in [1.82, 2.24) is 0 Å². The van der Waals surface area contributed by atoms with Crippen LogP contribution in [0.25, 0.3) is 0 Å². The maximum Gasteiger partial charge on any atom is 0.252 e. The maximum atomic E-state index is 11.1. The first-order valence-electron chi connectivity index (χ1n) is 4.91. The van der Waals surface area contributed by atoms with Gasteiger partial charge in [-0.3, -0.25) is 4.79 Å². The van der Waals surface area contributed by atoms with Crippen molar-refractivity contribution in [3.8, 4) is 0 Å². The van der Waals surface area contributed by atoms with Crippen LogP contribution >= 0.6 is 23.2 Å². The predicted molar refractivity (Wildman–Crippen MR) is 64.7 cm³/mol. The average Bonchev–Trinajstić information content (AvgIpc) is 2.16. The van der Waals surface area contributed by atoms with E-state index in [1.807, 2.05) is 12.1 Å². The van der Waals surface area contributed by atoms with Crippen LogP contribution in [0.4, 0.5) is 0 Å². The van der Waals surface area contributed by atoms with E-state index < -0.39 is 5.24 Å². The van der Waals surface area contributed by atoms with E-state index in [0.717, 1.165) is 17.5 Å². The molecule has 15 heavy (non-hydrogen) atoms. The minimum absolute atomic E-state index is 0.406. The lowest BCUT2D eigenvalue weighted by Gasteiger charge is -2.08. The van der Waals surface area contributed by atoms with Crippen LogP contribution in [0.1, 0.15) is 35.3 Å². The van der Waals surface area contributed by atoms with Gasteiger partial charge in [-0.25, -0.2) is 0 Å². The lowest BCUT2D eigenvalue weighted by atomic mass is 9.99. The zero-order chi connectivity index (χ0) is 11.4. The summed E-state index contributed by atoms with van der Waals surface area (Å²) < 4.78 is 0. The number of hydrogen-bond acceptors (Lipinski definition) is 1. The van der Waals surface area contributed by atoms with Gasteiger partial charge in [0, 0.05) is 11.4 Å². The molecule has 0 heterocycles. The summed E-state index contributed by atoms with van der Waals surface area (Å²) in [6.07, 6.45) is 0.932. The van der Waals surface area contributed by atoms with Crippen LogP contribution in [0.5, 0.6) is 0 Å². The number of hydrogen-bond donors (Lipinski definition) is 0. The van der Waals surface area contributed by atoms with Crippen LogP contribution in [-0.4, -0.2) is 5.24 Å². The molecular weight excluding hydrogens is 231 g/mol. The van der Waals surface area contributed by atoms with Crippen molar-refractivity contribution in [2.75, 3.05) is 0 Å². The molecule has 0 fully saturated rings. The molecule has 0 saturated carbocycles. The Morgan fingerprint density at radius 2 is 1.87 bits per heavy atom. The van der Waals surface area contributed by atoms with Gasteiger partial charge in [-0.05, 0) is 47.2 Å². The van der Waals surface area contributed by atoms with Gasteiger partial charge in [-0.2, -0.15) is 0 Å². The molecule has 1 aromatic carbocycles. The van der Waals surface area contributed by atoms with Gasteiger partial charge in [0.2, 0.25) is 0 Å². The smallest absolute Gasteiger partial charge is 0.252 e. The van der Waals surface area contributed by atoms with Crippen LogP contribution in [0.2, 0.25) is 0 Å². The van der Waals surface area contributed by atoms with E-state index in [9.17, 15) is 4.79 Å². The molecule has 82 valence electrons. The fourth-order valence-electron chi connectivity index (χ4n) is 1.54. The molecule has 1 rings (SSSR count). The second kappa shape index (κ2) is 5.53. The van der Waals surface area contributed by atoms with E-state index in [-0.39, 0.29) is 0 Å². The third kappa shape index (κ3) is 3.84.